The van der Waals surface area contributed by atoms with Gasteiger partial charge in [0, 0.05) is 5.56 Å². The van der Waals surface area contributed by atoms with Crippen LogP contribution in [0, 0.1) is 0 Å². The standard InChI is InChI=1S/C20H21N3/c1-5-7-12-16(4)19-21-18(15(3)11-6-2)22-20(23-19)17-13-9-8-10-14-17/h5-14H,2H2,1,3-4H3. The van der Waals surface area contributed by atoms with Gasteiger partial charge in [-0.3, -0.25) is 0 Å². The minimum Gasteiger partial charge on any atom is -0.209 e. The monoisotopic (exact) mass is 303 g/mol. The number of nitrogens with zero attached hydrogens (tertiary/aromatic N) is 3. The fourth-order valence-corrected chi connectivity index (χ4v) is 2.01. The second kappa shape index (κ2) is 7.99. The molecular weight excluding hydrogens is 282 g/mol. The lowest BCUT2D eigenvalue weighted by Crippen LogP contribution is -2.03. The Balaban J connectivity index is 2.61. The van der Waals surface area contributed by atoms with Crippen molar-refractivity contribution in [3.05, 3.63) is 78.9 Å². The summed E-state index contributed by atoms with van der Waals surface area (Å²) in [5.41, 5.74) is 2.93. The zero-order chi connectivity index (χ0) is 16.7. The van der Waals surface area contributed by atoms with Crippen molar-refractivity contribution in [3.8, 4) is 11.4 Å². The molecule has 3 nitrogen and oxygen atoms in total. The van der Waals surface area contributed by atoms with Crippen molar-refractivity contribution in [2.24, 2.45) is 0 Å². The highest BCUT2D eigenvalue weighted by Gasteiger charge is 2.10. The molecule has 0 saturated heterocycles. The Morgan fingerprint density at radius 2 is 1.52 bits per heavy atom. The minimum absolute atomic E-state index is 0.669. The topological polar surface area (TPSA) is 38.7 Å². The highest BCUT2D eigenvalue weighted by molar-refractivity contribution is 5.67. The van der Waals surface area contributed by atoms with Crippen molar-refractivity contribution in [2.45, 2.75) is 20.8 Å². The van der Waals surface area contributed by atoms with Gasteiger partial charge in [-0.25, -0.2) is 15.0 Å². The van der Waals surface area contributed by atoms with Gasteiger partial charge in [0.1, 0.15) is 0 Å². The van der Waals surface area contributed by atoms with Gasteiger partial charge in [0.15, 0.2) is 17.5 Å². The van der Waals surface area contributed by atoms with E-state index in [-0.39, 0.29) is 0 Å². The van der Waals surface area contributed by atoms with Gasteiger partial charge in [0.25, 0.3) is 0 Å². The number of rotatable bonds is 5. The highest BCUT2D eigenvalue weighted by atomic mass is 15.0. The van der Waals surface area contributed by atoms with E-state index in [1.165, 1.54) is 0 Å². The third-order valence-electron chi connectivity index (χ3n) is 3.28. The second-order valence-corrected chi connectivity index (χ2v) is 5.13. The molecule has 1 aromatic heterocycles. The van der Waals surface area contributed by atoms with E-state index in [2.05, 4.69) is 21.5 Å². The third kappa shape index (κ3) is 4.33. The molecule has 3 heteroatoms. The summed E-state index contributed by atoms with van der Waals surface area (Å²) < 4.78 is 0. The Kier molecular flexibility index (Phi) is 5.75. The molecule has 0 atom stereocenters. The number of hydrogen-bond acceptors (Lipinski definition) is 3. The van der Waals surface area contributed by atoms with Gasteiger partial charge in [-0.1, -0.05) is 67.3 Å². The number of aromatic nitrogens is 3. The van der Waals surface area contributed by atoms with Crippen LogP contribution in [0.5, 0.6) is 0 Å². The molecule has 0 unspecified atom stereocenters. The lowest BCUT2D eigenvalue weighted by Gasteiger charge is -2.08. The summed E-state index contributed by atoms with van der Waals surface area (Å²) in [5.74, 6) is 2.03. The minimum atomic E-state index is 0.669. The number of allylic oxidation sites excluding steroid dienone is 7. The smallest absolute Gasteiger partial charge is 0.164 e. The average molecular weight is 303 g/mol. The molecular formula is C20H21N3. The Morgan fingerprint density at radius 3 is 2.09 bits per heavy atom. The van der Waals surface area contributed by atoms with Crippen LogP contribution in [0.25, 0.3) is 22.5 Å². The molecule has 0 aliphatic rings. The van der Waals surface area contributed by atoms with Crippen LogP contribution in [0.1, 0.15) is 32.4 Å². The molecule has 0 saturated carbocycles. The first-order valence-electron chi connectivity index (χ1n) is 7.57. The van der Waals surface area contributed by atoms with E-state index < -0.39 is 0 Å². The van der Waals surface area contributed by atoms with E-state index in [9.17, 15) is 0 Å². The summed E-state index contributed by atoms with van der Waals surface area (Å²) in [6.07, 6.45) is 9.60. The molecule has 0 aliphatic heterocycles. The molecule has 1 heterocycles. The largest absolute Gasteiger partial charge is 0.209 e. The molecule has 0 radical (unpaired) electrons. The zero-order valence-corrected chi connectivity index (χ0v) is 13.8. The van der Waals surface area contributed by atoms with E-state index in [1.807, 2.05) is 75.4 Å². The zero-order valence-electron chi connectivity index (χ0n) is 13.8. The maximum Gasteiger partial charge on any atom is 0.164 e. The molecule has 0 amide bonds. The maximum atomic E-state index is 4.62. The number of benzene rings is 1. The molecule has 0 N–H and O–H groups in total. The van der Waals surface area contributed by atoms with Crippen LogP contribution in [0.3, 0.4) is 0 Å². The first-order valence-corrected chi connectivity index (χ1v) is 7.57. The SMILES string of the molecule is C=CC=C(C)c1nc(C(C)=CC=CC)nc(-c2ccccc2)n1. The van der Waals surface area contributed by atoms with Crippen LogP contribution in [-0.4, -0.2) is 15.0 Å². The summed E-state index contributed by atoms with van der Waals surface area (Å²) in [7, 11) is 0. The predicted octanol–water partition coefficient (Wildman–Crippen LogP) is 5.11. The van der Waals surface area contributed by atoms with Gasteiger partial charge in [-0.2, -0.15) is 0 Å². The van der Waals surface area contributed by atoms with E-state index in [1.54, 1.807) is 6.08 Å². The molecule has 0 spiro atoms. The highest BCUT2D eigenvalue weighted by Crippen LogP contribution is 2.20. The van der Waals surface area contributed by atoms with E-state index >= 15 is 0 Å². The van der Waals surface area contributed by atoms with Crippen molar-refractivity contribution >= 4 is 11.1 Å². The lowest BCUT2D eigenvalue weighted by molar-refractivity contribution is 0.994. The Bertz CT molecular complexity index is 769. The fraction of sp³-hybridized carbons (Fsp3) is 0.150. The molecule has 23 heavy (non-hydrogen) atoms. The van der Waals surface area contributed by atoms with Crippen molar-refractivity contribution in [1.82, 2.24) is 15.0 Å². The number of hydrogen-bond donors (Lipinski definition) is 0. The summed E-state index contributed by atoms with van der Waals surface area (Å²) in [6.45, 7) is 9.69. The normalized spacial score (nSPS) is 12.7. The van der Waals surface area contributed by atoms with Gasteiger partial charge in [0.05, 0.1) is 0 Å². The molecule has 2 aromatic rings. The predicted molar refractivity (Wildman–Crippen MR) is 97.6 cm³/mol. The fourth-order valence-electron chi connectivity index (χ4n) is 2.01. The van der Waals surface area contributed by atoms with Crippen LogP contribution < -0.4 is 0 Å². The summed E-state index contributed by atoms with van der Waals surface area (Å²) >= 11 is 0. The van der Waals surface area contributed by atoms with Gasteiger partial charge < -0.3 is 0 Å². The molecule has 0 bridgehead atoms. The van der Waals surface area contributed by atoms with Crippen LogP contribution >= 0.6 is 0 Å². The average Bonchev–Trinajstić information content (AvgIpc) is 2.60. The summed E-state index contributed by atoms with van der Waals surface area (Å²) in [6, 6.07) is 9.94. The molecule has 116 valence electrons. The van der Waals surface area contributed by atoms with Crippen LogP contribution in [0.15, 0.2) is 67.3 Å². The quantitative estimate of drug-likeness (QED) is 0.721. The van der Waals surface area contributed by atoms with Gasteiger partial charge in [0.2, 0.25) is 0 Å². The summed E-state index contributed by atoms with van der Waals surface area (Å²) in [4.78, 5) is 13.8. The van der Waals surface area contributed by atoms with E-state index in [4.69, 9.17) is 0 Å². The van der Waals surface area contributed by atoms with Crippen molar-refractivity contribution in [3.63, 3.8) is 0 Å². The van der Waals surface area contributed by atoms with Gasteiger partial charge in [-0.15, -0.1) is 0 Å². The maximum absolute atomic E-state index is 4.62. The van der Waals surface area contributed by atoms with Crippen LogP contribution in [0.4, 0.5) is 0 Å². The van der Waals surface area contributed by atoms with Crippen molar-refractivity contribution in [1.29, 1.82) is 0 Å². The van der Waals surface area contributed by atoms with Gasteiger partial charge >= 0.3 is 0 Å². The molecule has 1 aromatic carbocycles. The first kappa shape index (κ1) is 16.6. The molecule has 0 fully saturated rings. The lowest BCUT2D eigenvalue weighted by atomic mass is 10.2. The summed E-state index contributed by atoms with van der Waals surface area (Å²) in [5, 5.41) is 0. The Morgan fingerprint density at radius 1 is 0.913 bits per heavy atom. The Labute approximate surface area is 137 Å². The first-order chi connectivity index (χ1) is 11.2. The van der Waals surface area contributed by atoms with E-state index in [0.717, 1.165) is 16.7 Å². The van der Waals surface area contributed by atoms with Crippen LogP contribution in [0.2, 0.25) is 0 Å². The second-order valence-electron chi connectivity index (χ2n) is 5.13. The van der Waals surface area contributed by atoms with Crippen LogP contribution in [-0.2, 0) is 0 Å². The third-order valence-corrected chi connectivity index (χ3v) is 3.28. The molecule has 2 rings (SSSR count). The van der Waals surface area contributed by atoms with Crippen molar-refractivity contribution in [2.75, 3.05) is 0 Å². The van der Waals surface area contributed by atoms with Gasteiger partial charge in [-0.05, 0) is 31.9 Å². The van der Waals surface area contributed by atoms with E-state index in [0.29, 0.717) is 17.5 Å². The molecule has 0 aliphatic carbocycles. The van der Waals surface area contributed by atoms with Crippen molar-refractivity contribution < 1.29 is 0 Å². The Hall–Kier alpha value is -2.81.